The zero-order valence-corrected chi connectivity index (χ0v) is 17.7. The number of piperazine rings is 1. The van der Waals surface area contributed by atoms with Crippen LogP contribution in [0.1, 0.15) is 19.3 Å². The highest BCUT2D eigenvalue weighted by Gasteiger charge is 2.38. The number of hydrogen-bond acceptors (Lipinski definition) is 6. The van der Waals surface area contributed by atoms with Crippen molar-refractivity contribution in [3.8, 4) is 0 Å². The van der Waals surface area contributed by atoms with Gasteiger partial charge in [-0.2, -0.15) is 0 Å². The van der Waals surface area contributed by atoms with Gasteiger partial charge in [-0.25, -0.2) is 0 Å². The second-order valence-corrected chi connectivity index (χ2v) is 8.50. The minimum absolute atomic E-state index is 0.0246. The van der Waals surface area contributed by atoms with Crippen LogP contribution in [0.15, 0.2) is 42.5 Å². The first-order valence-corrected chi connectivity index (χ1v) is 11.2. The van der Waals surface area contributed by atoms with Crippen LogP contribution in [0.5, 0.6) is 0 Å². The molecule has 1 atom stereocenters. The lowest BCUT2D eigenvalue weighted by molar-refractivity contribution is -0.136. The van der Waals surface area contributed by atoms with Gasteiger partial charge in [-0.15, -0.1) is 10.2 Å². The summed E-state index contributed by atoms with van der Waals surface area (Å²) < 4.78 is 0. The quantitative estimate of drug-likeness (QED) is 0.751. The number of para-hydroxylation sites is 1. The maximum Gasteiger partial charge on any atom is 0.228 e. The molecule has 0 spiro atoms. The summed E-state index contributed by atoms with van der Waals surface area (Å²) in [7, 11) is 0. The standard InChI is InChI=1S/C23H28N6O2/c30-22-16-18(17-29(22)19-6-2-1-3-7-19)23(31)28-14-12-27(13-15-28)21-9-8-20(24-25-21)26-10-4-5-11-26/h1-3,6-9,18H,4-5,10-17H2. The highest BCUT2D eigenvalue weighted by atomic mass is 16.2. The van der Waals surface area contributed by atoms with Gasteiger partial charge in [-0.1, -0.05) is 18.2 Å². The van der Waals surface area contributed by atoms with Crippen molar-refractivity contribution >= 4 is 29.1 Å². The summed E-state index contributed by atoms with van der Waals surface area (Å²) in [5.74, 6) is 1.66. The molecule has 4 heterocycles. The van der Waals surface area contributed by atoms with Crippen LogP contribution in [-0.2, 0) is 9.59 Å². The smallest absolute Gasteiger partial charge is 0.228 e. The number of nitrogens with zero attached hydrogens (tertiary/aromatic N) is 6. The van der Waals surface area contributed by atoms with Crippen molar-refractivity contribution in [2.45, 2.75) is 19.3 Å². The van der Waals surface area contributed by atoms with Crippen molar-refractivity contribution in [2.24, 2.45) is 5.92 Å². The molecule has 0 radical (unpaired) electrons. The third-order valence-corrected chi connectivity index (χ3v) is 6.52. The molecule has 8 nitrogen and oxygen atoms in total. The normalized spacial score (nSPS) is 21.8. The fourth-order valence-electron chi connectivity index (χ4n) is 4.75. The van der Waals surface area contributed by atoms with Gasteiger partial charge in [-0.05, 0) is 37.1 Å². The fourth-order valence-corrected chi connectivity index (χ4v) is 4.75. The molecule has 0 saturated carbocycles. The molecule has 31 heavy (non-hydrogen) atoms. The van der Waals surface area contributed by atoms with E-state index in [1.54, 1.807) is 4.90 Å². The summed E-state index contributed by atoms with van der Waals surface area (Å²) >= 11 is 0. The number of amides is 2. The Labute approximate surface area is 182 Å². The van der Waals surface area contributed by atoms with Crippen LogP contribution in [0, 0.1) is 5.92 Å². The number of hydrogen-bond donors (Lipinski definition) is 0. The molecule has 2 amide bonds. The number of aromatic nitrogens is 2. The van der Waals surface area contributed by atoms with Gasteiger partial charge < -0.3 is 19.6 Å². The van der Waals surface area contributed by atoms with Gasteiger partial charge in [0.1, 0.15) is 0 Å². The van der Waals surface area contributed by atoms with E-state index in [2.05, 4.69) is 20.0 Å². The van der Waals surface area contributed by atoms with Crippen LogP contribution in [0.4, 0.5) is 17.3 Å². The second kappa shape index (κ2) is 8.53. The topological polar surface area (TPSA) is 72.9 Å². The molecule has 3 fully saturated rings. The first-order chi connectivity index (χ1) is 15.2. The molecule has 1 unspecified atom stereocenters. The Morgan fingerprint density at radius 3 is 2.03 bits per heavy atom. The molecule has 0 aliphatic carbocycles. The van der Waals surface area contributed by atoms with Crippen molar-refractivity contribution in [2.75, 3.05) is 60.5 Å². The predicted molar refractivity (Wildman–Crippen MR) is 119 cm³/mol. The lowest BCUT2D eigenvalue weighted by Crippen LogP contribution is -2.51. The first kappa shape index (κ1) is 19.8. The molecule has 162 valence electrons. The minimum atomic E-state index is -0.265. The van der Waals surface area contributed by atoms with Crippen molar-refractivity contribution < 1.29 is 9.59 Å². The van der Waals surface area contributed by atoms with Crippen molar-refractivity contribution in [3.05, 3.63) is 42.5 Å². The molecule has 3 aliphatic heterocycles. The van der Waals surface area contributed by atoms with Gasteiger partial charge >= 0.3 is 0 Å². The Balaban J connectivity index is 1.16. The zero-order chi connectivity index (χ0) is 21.2. The number of rotatable bonds is 4. The summed E-state index contributed by atoms with van der Waals surface area (Å²) in [4.78, 5) is 33.6. The van der Waals surface area contributed by atoms with E-state index in [1.807, 2.05) is 47.4 Å². The van der Waals surface area contributed by atoms with E-state index in [0.717, 1.165) is 43.5 Å². The van der Waals surface area contributed by atoms with Gasteiger partial charge in [0.15, 0.2) is 11.6 Å². The predicted octanol–water partition coefficient (Wildman–Crippen LogP) is 1.78. The lowest BCUT2D eigenvalue weighted by Gasteiger charge is -2.36. The Bertz CT molecular complexity index is 921. The van der Waals surface area contributed by atoms with Crippen LogP contribution in [-0.4, -0.2) is 72.7 Å². The molecule has 1 aromatic carbocycles. The average Bonchev–Trinajstić information content (AvgIpc) is 3.50. The summed E-state index contributed by atoms with van der Waals surface area (Å²) in [6.07, 6.45) is 2.72. The van der Waals surface area contributed by atoms with Crippen LogP contribution >= 0.6 is 0 Å². The summed E-state index contributed by atoms with van der Waals surface area (Å²) in [6, 6.07) is 13.7. The monoisotopic (exact) mass is 420 g/mol. The number of carbonyl (C=O) groups excluding carboxylic acids is 2. The van der Waals surface area contributed by atoms with E-state index in [0.29, 0.717) is 19.6 Å². The van der Waals surface area contributed by atoms with E-state index >= 15 is 0 Å². The van der Waals surface area contributed by atoms with Gasteiger partial charge in [0.2, 0.25) is 11.8 Å². The zero-order valence-electron chi connectivity index (χ0n) is 17.7. The van der Waals surface area contributed by atoms with Gasteiger partial charge in [-0.3, -0.25) is 9.59 Å². The molecule has 0 N–H and O–H groups in total. The Morgan fingerprint density at radius 2 is 1.42 bits per heavy atom. The molecule has 1 aromatic heterocycles. The average molecular weight is 421 g/mol. The van der Waals surface area contributed by atoms with E-state index < -0.39 is 0 Å². The highest BCUT2D eigenvalue weighted by Crippen LogP contribution is 2.27. The maximum atomic E-state index is 13.1. The van der Waals surface area contributed by atoms with Crippen LogP contribution in [0.2, 0.25) is 0 Å². The van der Waals surface area contributed by atoms with Crippen molar-refractivity contribution in [1.29, 1.82) is 0 Å². The highest BCUT2D eigenvalue weighted by molar-refractivity contribution is 6.00. The first-order valence-electron chi connectivity index (χ1n) is 11.2. The fraction of sp³-hybridized carbons (Fsp3) is 0.478. The minimum Gasteiger partial charge on any atom is -0.355 e. The van der Waals surface area contributed by atoms with E-state index in [4.69, 9.17) is 0 Å². The molecule has 0 bridgehead atoms. The summed E-state index contributed by atoms with van der Waals surface area (Å²) in [6.45, 7) is 5.32. The Kier molecular flexibility index (Phi) is 5.44. The summed E-state index contributed by atoms with van der Waals surface area (Å²) in [5.41, 5.74) is 0.864. The van der Waals surface area contributed by atoms with Crippen molar-refractivity contribution in [3.63, 3.8) is 0 Å². The van der Waals surface area contributed by atoms with Gasteiger partial charge in [0.25, 0.3) is 0 Å². The maximum absolute atomic E-state index is 13.1. The number of benzene rings is 1. The van der Waals surface area contributed by atoms with Crippen LogP contribution in [0.25, 0.3) is 0 Å². The van der Waals surface area contributed by atoms with Crippen molar-refractivity contribution in [1.82, 2.24) is 15.1 Å². The molecule has 3 saturated heterocycles. The van der Waals surface area contributed by atoms with Crippen LogP contribution < -0.4 is 14.7 Å². The van der Waals surface area contributed by atoms with E-state index in [9.17, 15) is 9.59 Å². The number of anilines is 3. The second-order valence-electron chi connectivity index (χ2n) is 8.50. The molecule has 2 aromatic rings. The lowest BCUT2D eigenvalue weighted by atomic mass is 10.1. The summed E-state index contributed by atoms with van der Waals surface area (Å²) in [5, 5.41) is 8.84. The molecule has 3 aliphatic rings. The third kappa shape index (κ3) is 4.06. The molecular formula is C23H28N6O2. The SMILES string of the molecule is O=C(C1CC(=O)N(c2ccccc2)C1)N1CCN(c2ccc(N3CCCC3)nn2)CC1. The molecular weight excluding hydrogens is 392 g/mol. The molecule has 5 rings (SSSR count). The third-order valence-electron chi connectivity index (χ3n) is 6.52. The van der Waals surface area contributed by atoms with Crippen LogP contribution in [0.3, 0.4) is 0 Å². The van der Waals surface area contributed by atoms with Gasteiger partial charge in [0, 0.05) is 57.9 Å². The largest absolute Gasteiger partial charge is 0.355 e. The Hall–Kier alpha value is -3.16. The van der Waals surface area contributed by atoms with E-state index in [-0.39, 0.29) is 24.2 Å². The number of carbonyl (C=O) groups is 2. The van der Waals surface area contributed by atoms with Gasteiger partial charge in [0.05, 0.1) is 5.92 Å². The van der Waals surface area contributed by atoms with E-state index in [1.165, 1.54) is 12.8 Å². The molecule has 8 heteroatoms. The Morgan fingerprint density at radius 1 is 0.806 bits per heavy atom.